The highest BCUT2D eigenvalue weighted by Gasteiger charge is 2.21. The maximum absolute atomic E-state index is 12.9. The van der Waals surface area contributed by atoms with Crippen molar-refractivity contribution in [2.45, 2.75) is 19.9 Å². The first-order chi connectivity index (χ1) is 13.9. The molecule has 2 heterocycles. The summed E-state index contributed by atoms with van der Waals surface area (Å²) in [6.45, 7) is 3.49. The monoisotopic (exact) mass is 424 g/mol. The standard InChI is InChI=1S/C21H17ClN4O2S/c1-12-8-9-15(10-17(12)22)23-19(27)13(2)26-21(28)16-11-18(29-20(16)24-25-26)14-6-4-3-5-7-14/h3-11,13H,1-2H3,(H,23,27). The van der Waals surface area contributed by atoms with Crippen LogP contribution in [0.2, 0.25) is 5.02 Å². The van der Waals surface area contributed by atoms with Gasteiger partial charge in [0.15, 0.2) is 4.83 Å². The molecule has 4 rings (SSSR count). The smallest absolute Gasteiger partial charge is 0.279 e. The van der Waals surface area contributed by atoms with Crippen molar-refractivity contribution in [3.63, 3.8) is 0 Å². The molecule has 0 radical (unpaired) electrons. The molecule has 29 heavy (non-hydrogen) atoms. The van der Waals surface area contributed by atoms with Gasteiger partial charge in [-0.3, -0.25) is 9.59 Å². The van der Waals surface area contributed by atoms with Gasteiger partial charge >= 0.3 is 0 Å². The molecule has 1 N–H and O–H groups in total. The van der Waals surface area contributed by atoms with Crippen molar-refractivity contribution < 1.29 is 4.79 Å². The Morgan fingerprint density at radius 3 is 2.66 bits per heavy atom. The van der Waals surface area contributed by atoms with Crippen molar-refractivity contribution in [1.29, 1.82) is 0 Å². The highest BCUT2D eigenvalue weighted by Crippen LogP contribution is 2.30. The molecule has 0 fully saturated rings. The molecule has 2 aromatic heterocycles. The number of benzene rings is 2. The fraction of sp³-hybridized carbons (Fsp3) is 0.143. The van der Waals surface area contributed by atoms with E-state index in [2.05, 4.69) is 15.6 Å². The molecule has 0 aliphatic heterocycles. The Hall–Kier alpha value is -3.03. The van der Waals surface area contributed by atoms with Crippen LogP contribution in [0.3, 0.4) is 0 Å². The average Bonchev–Trinajstić information content (AvgIpc) is 3.16. The minimum Gasteiger partial charge on any atom is -0.324 e. The van der Waals surface area contributed by atoms with Gasteiger partial charge in [-0.15, -0.1) is 16.4 Å². The highest BCUT2D eigenvalue weighted by atomic mass is 35.5. The van der Waals surface area contributed by atoms with E-state index in [1.165, 1.54) is 11.3 Å². The van der Waals surface area contributed by atoms with Crippen molar-refractivity contribution in [3.8, 4) is 10.4 Å². The summed E-state index contributed by atoms with van der Waals surface area (Å²) in [6.07, 6.45) is 0. The number of carbonyl (C=O) groups excluding carboxylic acids is 1. The van der Waals surface area contributed by atoms with Gasteiger partial charge in [0.05, 0.1) is 5.39 Å². The van der Waals surface area contributed by atoms with E-state index in [9.17, 15) is 9.59 Å². The van der Waals surface area contributed by atoms with Gasteiger partial charge in [0.25, 0.3) is 5.56 Å². The van der Waals surface area contributed by atoms with E-state index >= 15 is 0 Å². The van der Waals surface area contributed by atoms with Crippen molar-refractivity contribution in [3.05, 3.63) is 75.5 Å². The molecule has 0 aliphatic rings. The molecule has 0 aliphatic carbocycles. The third-order valence-corrected chi connectivity index (χ3v) is 6.10. The van der Waals surface area contributed by atoms with Crippen LogP contribution in [-0.4, -0.2) is 20.9 Å². The Morgan fingerprint density at radius 2 is 1.93 bits per heavy atom. The van der Waals surface area contributed by atoms with Crippen molar-refractivity contribution in [2.24, 2.45) is 0 Å². The molecule has 6 nitrogen and oxygen atoms in total. The number of anilines is 1. The molecular formula is C21H17ClN4O2S. The number of aryl methyl sites for hydroxylation is 1. The number of amides is 1. The second kappa shape index (κ2) is 7.77. The van der Waals surface area contributed by atoms with Gasteiger partial charge in [-0.1, -0.05) is 53.2 Å². The second-order valence-electron chi connectivity index (χ2n) is 6.66. The van der Waals surface area contributed by atoms with Crippen LogP contribution >= 0.6 is 22.9 Å². The lowest BCUT2D eigenvalue weighted by molar-refractivity contribution is -0.119. The van der Waals surface area contributed by atoms with Gasteiger partial charge in [0.1, 0.15) is 6.04 Å². The average molecular weight is 425 g/mol. The van der Waals surface area contributed by atoms with E-state index in [1.807, 2.05) is 43.3 Å². The first kappa shape index (κ1) is 19.3. The number of aromatic nitrogens is 3. The van der Waals surface area contributed by atoms with Crippen LogP contribution in [-0.2, 0) is 4.79 Å². The van der Waals surface area contributed by atoms with E-state index in [0.29, 0.717) is 20.9 Å². The number of nitrogens with zero attached hydrogens (tertiary/aromatic N) is 3. The van der Waals surface area contributed by atoms with Crippen LogP contribution in [0.4, 0.5) is 5.69 Å². The summed E-state index contributed by atoms with van der Waals surface area (Å²) in [6, 6.07) is 16.0. The van der Waals surface area contributed by atoms with Gasteiger partial charge < -0.3 is 5.32 Å². The number of nitrogens with one attached hydrogen (secondary N) is 1. The van der Waals surface area contributed by atoms with E-state index in [0.717, 1.165) is 20.7 Å². The van der Waals surface area contributed by atoms with E-state index in [4.69, 9.17) is 11.6 Å². The quantitative estimate of drug-likeness (QED) is 0.516. The number of hydrogen-bond acceptors (Lipinski definition) is 5. The van der Waals surface area contributed by atoms with Crippen LogP contribution in [0, 0.1) is 6.92 Å². The third-order valence-electron chi connectivity index (χ3n) is 4.63. The van der Waals surface area contributed by atoms with Gasteiger partial charge in [0.2, 0.25) is 5.91 Å². The molecule has 146 valence electrons. The van der Waals surface area contributed by atoms with Crippen LogP contribution in [0.1, 0.15) is 18.5 Å². The minimum absolute atomic E-state index is 0.349. The molecule has 0 bridgehead atoms. The van der Waals surface area contributed by atoms with Crippen molar-refractivity contribution >= 4 is 44.7 Å². The zero-order chi connectivity index (χ0) is 20.5. The van der Waals surface area contributed by atoms with E-state index in [-0.39, 0.29) is 11.5 Å². The predicted molar refractivity (Wildman–Crippen MR) is 117 cm³/mol. The Balaban J connectivity index is 1.64. The molecule has 1 atom stereocenters. The third kappa shape index (κ3) is 3.79. The normalized spacial score (nSPS) is 12.1. The van der Waals surface area contributed by atoms with Crippen LogP contribution in [0.15, 0.2) is 59.4 Å². The lowest BCUT2D eigenvalue weighted by Crippen LogP contribution is -2.33. The lowest BCUT2D eigenvalue weighted by atomic mass is 10.2. The fourth-order valence-corrected chi connectivity index (χ4v) is 4.04. The van der Waals surface area contributed by atoms with Crippen LogP contribution < -0.4 is 10.9 Å². The topological polar surface area (TPSA) is 76.9 Å². The number of carbonyl (C=O) groups is 1. The van der Waals surface area contributed by atoms with Crippen LogP contribution in [0.5, 0.6) is 0 Å². The Bertz CT molecular complexity index is 1270. The Kier molecular flexibility index (Phi) is 5.17. The molecule has 4 aromatic rings. The van der Waals surface area contributed by atoms with E-state index < -0.39 is 6.04 Å². The van der Waals surface area contributed by atoms with Crippen molar-refractivity contribution in [2.75, 3.05) is 5.32 Å². The summed E-state index contributed by atoms with van der Waals surface area (Å²) in [4.78, 5) is 27.1. The number of rotatable bonds is 4. The van der Waals surface area contributed by atoms with Gasteiger partial charge in [-0.2, -0.15) is 4.68 Å². The zero-order valence-electron chi connectivity index (χ0n) is 15.7. The molecule has 1 unspecified atom stereocenters. The van der Waals surface area contributed by atoms with Gasteiger partial charge in [-0.25, -0.2) is 0 Å². The maximum atomic E-state index is 12.9. The molecule has 2 aromatic carbocycles. The molecule has 0 saturated carbocycles. The van der Waals surface area contributed by atoms with Crippen molar-refractivity contribution in [1.82, 2.24) is 15.0 Å². The molecular weight excluding hydrogens is 408 g/mol. The predicted octanol–water partition coefficient (Wildman–Crippen LogP) is 4.68. The lowest BCUT2D eigenvalue weighted by Gasteiger charge is -2.13. The highest BCUT2D eigenvalue weighted by molar-refractivity contribution is 7.21. The summed E-state index contributed by atoms with van der Waals surface area (Å²) in [5, 5.41) is 11.9. The molecule has 0 saturated heterocycles. The maximum Gasteiger partial charge on any atom is 0.279 e. The summed E-state index contributed by atoms with van der Waals surface area (Å²) < 4.78 is 1.11. The number of hydrogen-bond donors (Lipinski definition) is 1. The molecule has 0 spiro atoms. The first-order valence-corrected chi connectivity index (χ1v) is 10.1. The molecule has 1 amide bonds. The Morgan fingerprint density at radius 1 is 1.17 bits per heavy atom. The summed E-state index contributed by atoms with van der Waals surface area (Å²) in [5.74, 6) is -0.376. The van der Waals surface area contributed by atoms with E-state index in [1.54, 1.807) is 25.1 Å². The SMILES string of the molecule is Cc1ccc(NC(=O)C(C)n2nnc3sc(-c4ccccc4)cc3c2=O)cc1Cl. The summed E-state index contributed by atoms with van der Waals surface area (Å²) >= 11 is 7.51. The Labute approximate surface area is 175 Å². The molecule has 8 heteroatoms. The largest absolute Gasteiger partial charge is 0.324 e. The number of fused-ring (bicyclic) bond motifs is 1. The second-order valence-corrected chi connectivity index (χ2v) is 8.10. The number of halogens is 1. The first-order valence-electron chi connectivity index (χ1n) is 8.95. The minimum atomic E-state index is -0.834. The summed E-state index contributed by atoms with van der Waals surface area (Å²) in [5.41, 5.74) is 2.12. The summed E-state index contributed by atoms with van der Waals surface area (Å²) in [7, 11) is 0. The number of thiophene rings is 1. The van der Waals surface area contributed by atoms with Gasteiger partial charge in [0, 0.05) is 15.6 Å². The van der Waals surface area contributed by atoms with Crippen LogP contribution in [0.25, 0.3) is 20.7 Å². The fourth-order valence-electron chi connectivity index (χ4n) is 2.89. The zero-order valence-corrected chi connectivity index (χ0v) is 17.3. The van der Waals surface area contributed by atoms with Gasteiger partial charge in [-0.05, 0) is 43.2 Å².